The van der Waals surface area contributed by atoms with E-state index in [4.69, 9.17) is 28.9 Å². The van der Waals surface area contributed by atoms with Crippen molar-refractivity contribution in [1.82, 2.24) is 39.4 Å². The quantitative estimate of drug-likeness (QED) is 0.180. The van der Waals surface area contributed by atoms with Gasteiger partial charge < -0.3 is 29.0 Å². The van der Waals surface area contributed by atoms with Gasteiger partial charge in [0.15, 0.2) is 11.9 Å². The molecule has 2 saturated heterocycles. The molecule has 0 spiro atoms. The molecule has 0 saturated carbocycles. The molecule has 2 aliphatic heterocycles. The summed E-state index contributed by atoms with van der Waals surface area (Å²) < 4.78 is 70.8. The number of hydrogen-bond acceptors (Lipinski definition) is 11. The maximum absolute atomic E-state index is 14.8. The van der Waals surface area contributed by atoms with E-state index in [0.29, 0.717) is 84.0 Å². The maximum atomic E-state index is 14.8. The van der Waals surface area contributed by atoms with E-state index in [0.717, 1.165) is 19.0 Å². The van der Waals surface area contributed by atoms with Gasteiger partial charge in [-0.3, -0.25) is 0 Å². The fourth-order valence-electron chi connectivity index (χ4n) is 6.89. The van der Waals surface area contributed by atoms with E-state index in [1.54, 1.807) is 60.8 Å². The van der Waals surface area contributed by atoms with Crippen LogP contribution in [0.5, 0.6) is 5.75 Å². The molecule has 5 aromatic heterocycles. The number of halogens is 3. The van der Waals surface area contributed by atoms with Crippen LogP contribution in [0.3, 0.4) is 0 Å². The first kappa shape index (κ1) is 35.5. The third-order valence-corrected chi connectivity index (χ3v) is 9.13. The summed E-state index contributed by atoms with van der Waals surface area (Å²) in [4.78, 5) is 23.0. The van der Waals surface area contributed by atoms with Crippen LogP contribution in [-0.2, 0) is 15.7 Å². The van der Waals surface area contributed by atoms with Gasteiger partial charge in [-0.15, -0.1) is 5.10 Å². The summed E-state index contributed by atoms with van der Waals surface area (Å²) in [6.07, 6.45) is -1.42. The lowest BCUT2D eigenvalue weighted by Crippen LogP contribution is -2.47. The number of carbonyl (C=O) groups excluding carboxylic acids is 1. The first-order valence-corrected chi connectivity index (χ1v) is 17.5. The number of alkyl halides is 3. The van der Waals surface area contributed by atoms with Gasteiger partial charge in [-0.25, -0.2) is 24.0 Å². The van der Waals surface area contributed by atoms with Gasteiger partial charge in [-0.1, -0.05) is 5.16 Å². The van der Waals surface area contributed by atoms with Crippen LogP contribution in [-0.4, -0.2) is 83.5 Å². The number of carbonyl (C=O) groups is 1. The van der Waals surface area contributed by atoms with E-state index in [1.165, 1.54) is 0 Å². The van der Waals surface area contributed by atoms with Crippen molar-refractivity contribution in [1.29, 1.82) is 0 Å². The first-order chi connectivity index (χ1) is 24.7. The Kier molecular flexibility index (Phi) is 9.25. The van der Waals surface area contributed by atoms with Gasteiger partial charge in [0.1, 0.15) is 39.8 Å². The molecule has 14 nitrogen and oxygen atoms in total. The lowest BCUT2D eigenvalue weighted by Gasteiger charge is -2.34. The van der Waals surface area contributed by atoms with Gasteiger partial charge in [0.05, 0.1) is 28.8 Å². The number of likely N-dealkylation sites (tertiary alicyclic amines) is 1. The summed E-state index contributed by atoms with van der Waals surface area (Å²) >= 11 is 0. The molecule has 5 aromatic rings. The normalized spacial score (nSPS) is 18.7. The van der Waals surface area contributed by atoms with Crippen molar-refractivity contribution in [2.24, 2.45) is 0 Å². The average Bonchev–Trinajstić information content (AvgIpc) is 3.76. The summed E-state index contributed by atoms with van der Waals surface area (Å²) in [6, 6.07) is 3.18. The molecule has 2 fully saturated rings. The minimum absolute atomic E-state index is 0.0233. The molecule has 0 aromatic carbocycles. The number of nitrogens with zero attached hydrogens (tertiary/aromatic N) is 8. The van der Waals surface area contributed by atoms with Gasteiger partial charge in [0, 0.05) is 31.9 Å². The fraction of sp³-hybridized carbons (Fsp3) is 0.543. The molecular weight excluding hydrogens is 683 g/mol. The van der Waals surface area contributed by atoms with Gasteiger partial charge in [-0.2, -0.15) is 18.3 Å². The van der Waals surface area contributed by atoms with E-state index < -0.39 is 35.4 Å². The number of amides is 1. The molecular formula is C35H42F3N9O5. The van der Waals surface area contributed by atoms with E-state index >= 15 is 0 Å². The van der Waals surface area contributed by atoms with Crippen LogP contribution in [0.25, 0.3) is 39.2 Å². The molecule has 17 heteroatoms. The summed E-state index contributed by atoms with van der Waals surface area (Å²) in [6.45, 7) is 12.4. The number of nitrogens with one attached hydrogen (secondary N) is 1. The summed E-state index contributed by atoms with van der Waals surface area (Å²) in [5.41, 5.74) is 0.449. The lowest BCUT2D eigenvalue weighted by molar-refractivity contribution is -0.137. The highest BCUT2D eigenvalue weighted by atomic mass is 19.4. The highest BCUT2D eigenvalue weighted by Gasteiger charge is 2.39. The Labute approximate surface area is 297 Å². The van der Waals surface area contributed by atoms with Gasteiger partial charge >= 0.3 is 12.3 Å². The lowest BCUT2D eigenvalue weighted by atomic mass is 10.1. The zero-order valence-electron chi connectivity index (χ0n) is 30.0. The number of aromatic nitrogens is 7. The van der Waals surface area contributed by atoms with Crippen molar-refractivity contribution in [2.75, 3.05) is 31.6 Å². The number of hydrogen-bond donors (Lipinski definition) is 1. The monoisotopic (exact) mass is 725 g/mol. The molecule has 7 heterocycles. The number of aryl methyl sites for hydroxylation is 2. The van der Waals surface area contributed by atoms with Crippen molar-refractivity contribution in [3.05, 3.63) is 35.3 Å². The Bertz CT molecular complexity index is 2090. The Hall–Kier alpha value is -4.93. The van der Waals surface area contributed by atoms with Gasteiger partial charge in [0.2, 0.25) is 5.95 Å². The second-order valence-electron chi connectivity index (χ2n) is 14.2. The molecule has 1 N–H and O–H groups in total. The molecule has 2 atom stereocenters. The summed E-state index contributed by atoms with van der Waals surface area (Å²) in [5.74, 6) is 1.01. The molecule has 2 aliphatic rings. The van der Waals surface area contributed by atoms with Crippen molar-refractivity contribution in [2.45, 2.75) is 97.7 Å². The molecule has 1 unspecified atom stereocenters. The SMILES string of the molecule is CCOc1ccc2c3c(-c4nc(N[C@H]5CCCN(C(=O)OC(C)(C)C)C5)ncc4C(F)(F)F)nn(C4CCCCO4)c3nn2c1-c1c(C)noc1C. The van der Waals surface area contributed by atoms with Gasteiger partial charge in [-0.05, 0) is 85.8 Å². The highest BCUT2D eigenvalue weighted by molar-refractivity contribution is 6.04. The molecule has 52 heavy (non-hydrogen) atoms. The minimum atomic E-state index is -4.81. The standard InChI is InChI=1S/C35H42F3N9O5/c1-7-49-24-14-13-23-27-29(42-47(25-12-8-9-16-50-25)31(27)43-46(23)30(24)26-19(2)44-52-20(26)3)28-22(35(36,37)38)17-39-32(41-28)40-21-11-10-15-45(18-21)33(48)51-34(4,5)6/h13-14,17,21,25H,7-12,15-16,18H2,1-6H3,(H,39,40,41)/t21-,25?/m0/s1. The Morgan fingerprint density at radius 1 is 1.08 bits per heavy atom. The highest BCUT2D eigenvalue weighted by Crippen LogP contribution is 2.43. The minimum Gasteiger partial charge on any atom is -0.492 e. The van der Waals surface area contributed by atoms with Gasteiger partial charge in [0.25, 0.3) is 0 Å². The van der Waals surface area contributed by atoms with Crippen molar-refractivity contribution >= 4 is 28.6 Å². The summed E-state index contributed by atoms with van der Waals surface area (Å²) in [7, 11) is 0. The maximum Gasteiger partial charge on any atom is 0.420 e. The predicted octanol–water partition coefficient (Wildman–Crippen LogP) is 7.34. The number of pyridine rings is 1. The Balaban J connectivity index is 1.39. The first-order valence-electron chi connectivity index (χ1n) is 17.5. The molecule has 1 amide bonds. The smallest absolute Gasteiger partial charge is 0.420 e. The van der Waals surface area contributed by atoms with Crippen molar-refractivity contribution in [3.63, 3.8) is 0 Å². The van der Waals surface area contributed by atoms with Crippen LogP contribution < -0.4 is 10.1 Å². The number of fused-ring (bicyclic) bond motifs is 3. The molecule has 278 valence electrons. The zero-order chi connectivity index (χ0) is 36.9. The molecule has 0 aliphatic carbocycles. The average molecular weight is 726 g/mol. The van der Waals surface area contributed by atoms with Crippen LogP contribution >= 0.6 is 0 Å². The van der Waals surface area contributed by atoms with Crippen molar-refractivity contribution < 1.29 is 36.7 Å². The van der Waals surface area contributed by atoms with E-state index in [9.17, 15) is 18.0 Å². The fourth-order valence-corrected chi connectivity index (χ4v) is 6.89. The predicted molar refractivity (Wildman–Crippen MR) is 184 cm³/mol. The second kappa shape index (κ2) is 13.6. The number of rotatable bonds is 7. The van der Waals surface area contributed by atoms with Crippen LogP contribution in [0.4, 0.5) is 23.9 Å². The second-order valence-corrected chi connectivity index (χ2v) is 14.2. The Morgan fingerprint density at radius 2 is 1.88 bits per heavy atom. The van der Waals surface area contributed by atoms with Crippen LogP contribution in [0.2, 0.25) is 0 Å². The van der Waals surface area contributed by atoms with E-state index in [1.807, 2.05) is 6.92 Å². The molecule has 0 radical (unpaired) electrons. The Morgan fingerprint density at radius 3 is 2.56 bits per heavy atom. The number of piperidine rings is 1. The number of anilines is 1. The summed E-state index contributed by atoms with van der Waals surface area (Å²) in [5, 5.41) is 17.4. The topological polar surface area (TPSA) is 147 Å². The zero-order valence-corrected chi connectivity index (χ0v) is 30.0. The number of ether oxygens (including phenoxy) is 3. The largest absolute Gasteiger partial charge is 0.492 e. The van der Waals surface area contributed by atoms with Crippen molar-refractivity contribution in [3.8, 4) is 28.4 Å². The van der Waals surface area contributed by atoms with Crippen LogP contribution in [0.15, 0.2) is 22.9 Å². The molecule has 7 rings (SSSR count). The molecule has 0 bridgehead atoms. The van der Waals surface area contributed by atoms with Crippen LogP contribution in [0.1, 0.15) is 83.0 Å². The third kappa shape index (κ3) is 6.73. The third-order valence-electron chi connectivity index (χ3n) is 9.13. The van der Waals surface area contributed by atoms with Crippen LogP contribution in [0, 0.1) is 13.8 Å². The van der Waals surface area contributed by atoms with E-state index in [-0.39, 0.29) is 24.2 Å². The van der Waals surface area contributed by atoms with E-state index in [2.05, 4.69) is 20.4 Å².